The van der Waals surface area contributed by atoms with Crippen LogP contribution in [-0.2, 0) is 0 Å². The van der Waals surface area contributed by atoms with Gasteiger partial charge in [-0.2, -0.15) is 0 Å². The Labute approximate surface area is 150 Å². The van der Waals surface area contributed by atoms with Gasteiger partial charge in [0, 0.05) is 12.1 Å². The van der Waals surface area contributed by atoms with Gasteiger partial charge in [-0.15, -0.1) is 0 Å². The molecular weight excluding hydrogens is 333 g/mol. The smallest absolute Gasteiger partial charge is 0.251 e. The molecule has 0 bridgehead atoms. The molecule has 0 radical (unpaired) electrons. The molecule has 0 spiro atoms. The number of carbonyl (C=O) groups excluding carboxylic acids is 1. The van der Waals surface area contributed by atoms with E-state index in [0.717, 1.165) is 0 Å². The molecular formula is C21H18FNO3. The third-order valence-electron chi connectivity index (χ3n) is 3.76. The summed E-state index contributed by atoms with van der Waals surface area (Å²) >= 11 is 0. The van der Waals surface area contributed by atoms with Crippen LogP contribution in [-0.4, -0.2) is 17.6 Å². The van der Waals surface area contributed by atoms with Gasteiger partial charge in [-0.3, -0.25) is 4.79 Å². The van der Waals surface area contributed by atoms with Crippen LogP contribution in [0.25, 0.3) is 0 Å². The number of hydrogen-bond acceptors (Lipinski definition) is 3. The van der Waals surface area contributed by atoms with Crippen LogP contribution in [0.2, 0.25) is 0 Å². The zero-order valence-corrected chi connectivity index (χ0v) is 13.9. The molecule has 1 unspecified atom stereocenters. The fourth-order valence-electron chi connectivity index (χ4n) is 2.45. The lowest BCUT2D eigenvalue weighted by Gasteiger charge is -2.13. The maximum atomic E-state index is 13.2. The molecule has 5 heteroatoms. The average Bonchev–Trinajstić information content (AvgIpc) is 2.67. The summed E-state index contributed by atoms with van der Waals surface area (Å²) in [6, 6.07) is 21.7. The average molecular weight is 351 g/mol. The number of aliphatic hydroxyl groups is 1. The lowest BCUT2D eigenvalue weighted by molar-refractivity contribution is 0.0916. The van der Waals surface area contributed by atoms with Gasteiger partial charge in [-0.05, 0) is 48.0 Å². The van der Waals surface area contributed by atoms with Gasteiger partial charge in [-0.25, -0.2) is 4.39 Å². The third kappa shape index (κ3) is 4.68. The minimum absolute atomic E-state index is 0.0218. The molecule has 0 heterocycles. The molecule has 3 rings (SSSR count). The van der Waals surface area contributed by atoms with Gasteiger partial charge < -0.3 is 15.2 Å². The molecule has 0 fully saturated rings. The molecule has 3 aromatic carbocycles. The monoisotopic (exact) mass is 351 g/mol. The highest BCUT2D eigenvalue weighted by Crippen LogP contribution is 2.22. The van der Waals surface area contributed by atoms with Gasteiger partial charge in [0.15, 0.2) is 0 Å². The lowest BCUT2D eigenvalue weighted by atomic mass is 10.1. The van der Waals surface area contributed by atoms with E-state index in [9.17, 15) is 14.3 Å². The summed E-state index contributed by atoms with van der Waals surface area (Å²) in [6.45, 7) is -0.0218. The first-order valence-electron chi connectivity index (χ1n) is 8.16. The Morgan fingerprint density at radius 1 is 0.962 bits per heavy atom. The zero-order valence-electron chi connectivity index (χ0n) is 13.9. The van der Waals surface area contributed by atoms with Crippen LogP contribution in [0.3, 0.4) is 0 Å². The zero-order chi connectivity index (χ0) is 18.4. The molecule has 0 saturated carbocycles. The van der Waals surface area contributed by atoms with Crippen LogP contribution in [0.1, 0.15) is 22.0 Å². The molecule has 3 aromatic rings. The van der Waals surface area contributed by atoms with Gasteiger partial charge >= 0.3 is 0 Å². The van der Waals surface area contributed by atoms with Gasteiger partial charge in [0.25, 0.3) is 5.91 Å². The van der Waals surface area contributed by atoms with Crippen LogP contribution in [0.5, 0.6) is 11.5 Å². The van der Waals surface area contributed by atoms with Crippen molar-refractivity contribution >= 4 is 5.91 Å². The second kappa shape index (κ2) is 8.27. The maximum absolute atomic E-state index is 13.2. The molecule has 1 amide bonds. The molecule has 1 atom stereocenters. The van der Waals surface area contributed by atoms with Crippen molar-refractivity contribution < 1.29 is 19.0 Å². The highest BCUT2D eigenvalue weighted by Gasteiger charge is 2.12. The summed E-state index contributed by atoms with van der Waals surface area (Å²) in [5, 5.41) is 12.7. The van der Waals surface area contributed by atoms with Crippen molar-refractivity contribution in [2.75, 3.05) is 6.54 Å². The number of rotatable bonds is 6. The van der Waals surface area contributed by atoms with Crippen molar-refractivity contribution in [3.8, 4) is 11.5 Å². The van der Waals surface area contributed by atoms with Crippen molar-refractivity contribution in [1.82, 2.24) is 5.32 Å². The second-order valence-electron chi connectivity index (χ2n) is 5.72. The second-order valence-corrected chi connectivity index (χ2v) is 5.72. The number of carbonyl (C=O) groups is 1. The first-order chi connectivity index (χ1) is 12.6. The van der Waals surface area contributed by atoms with E-state index in [1.807, 2.05) is 30.3 Å². The van der Waals surface area contributed by atoms with E-state index in [1.54, 1.807) is 30.3 Å². The van der Waals surface area contributed by atoms with Gasteiger partial charge in [0.2, 0.25) is 0 Å². The topological polar surface area (TPSA) is 58.6 Å². The molecule has 132 valence electrons. The fraction of sp³-hybridized carbons (Fsp3) is 0.0952. The summed E-state index contributed by atoms with van der Waals surface area (Å²) in [4.78, 5) is 12.3. The Morgan fingerprint density at radius 2 is 1.69 bits per heavy atom. The van der Waals surface area contributed by atoms with Crippen LogP contribution >= 0.6 is 0 Å². The summed E-state index contributed by atoms with van der Waals surface area (Å²) in [5.41, 5.74) is 0.816. The Balaban J connectivity index is 1.62. The number of para-hydroxylation sites is 1. The number of hydrogen-bond donors (Lipinski definition) is 2. The van der Waals surface area contributed by atoms with Crippen LogP contribution in [0.4, 0.5) is 4.39 Å². The van der Waals surface area contributed by atoms with Crippen molar-refractivity contribution in [3.05, 3.63) is 95.8 Å². The Kier molecular flexibility index (Phi) is 5.61. The Morgan fingerprint density at radius 3 is 2.46 bits per heavy atom. The van der Waals surface area contributed by atoms with Crippen LogP contribution in [0, 0.1) is 5.82 Å². The van der Waals surface area contributed by atoms with E-state index >= 15 is 0 Å². The largest absolute Gasteiger partial charge is 0.457 e. The quantitative estimate of drug-likeness (QED) is 0.703. The molecule has 0 aliphatic rings. The molecule has 2 N–H and O–H groups in total. The predicted octanol–water partition coefficient (Wildman–Crippen LogP) is 4.08. The number of amides is 1. The summed E-state index contributed by atoms with van der Waals surface area (Å²) in [5.74, 6) is 0.429. The fourth-order valence-corrected chi connectivity index (χ4v) is 2.45. The molecule has 4 nitrogen and oxygen atoms in total. The van der Waals surface area contributed by atoms with Gasteiger partial charge in [0.05, 0.1) is 6.10 Å². The standard InChI is InChI=1S/C21H18FNO3/c22-17-8-4-6-15(12-17)20(24)14-23-21(25)16-7-5-11-19(13-16)26-18-9-2-1-3-10-18/h1-13,20,24H,14H2,(H,23,25). The minimum atomic E-state index is -0.988. The van der Waals surface area contributed by atoms with E-state index in [0.29, 0.717) is 22.6 Å². The van der Waals surface area contributed by atoms with E-state index in [-0.39, 0.29) is 12.5 Å². The Bertz CT molecular complexity index is 883. The van der Waals surface area contributed by atoms with E-state index < -0.39 is 11.9 Å². The Hall–Kier alpha value is -3.18. The number of aliphatic hydroxyl groups excluding tert-OH is 1. The van der Waals surface area contributed by atoms with E-state index in [1.165, 1.54) is 18.2 Å². The summed E-state index contributed by atoms with van der Waals surface area (Å²) in [7, 11) is 0. The first-order valence-corrected chi connectivity index (χ1v) is 8.16. The van der Waals surface area contributed by atoms with Crippen molar-refractivity contribution in [2.24, 2.45) is 0 Å². The maximum Gasteiger partial charge on any atom is 0.251 e. The molecule has 0 aliphatic carbocycles. The van der Waals surface area contributed by atoms with Crippen LogP contribution < -0.4 is 10.1 Å². The van der Waals surface area contributed by atoms with E-state index in [2.05, 4.69) is 5.32 Å². The molecule has 0 aromatic heterocycles. The predicted molar refractivity (Wildman–Crippen MR) is 96.7 cm³/mol. The number of halogens is 1. The molecule has 0 aliphatic heterocycles. The normalized spacial score (nSPS) is 11.6. The number of ether oxygens (including phenoxy) is 1. The van der Waals surface area contributed by atoms with E-state index in [4.69, 9.17) is 4.74 Å². The lowest BCUT2D eigenvalue weighted by Crippen LogP contribution is -2.28. The summed E-state index contributed by atoms with van der Waals surface area (Å²) in [6.07, 6.45) is -0.988. The SMILES string of the molecule is O=C(NCC(O)c1cccc(F)c1)c1cccc(Oc2ccccc2)c1. The van der Waals surface area contributed by atoms with Crippen molar-refractivity contribution in [1.29, 1.82) is 0 Å². The summed E-state index contributed by atoms with van der Waals surface area (Å²) < 4.78 is 18.9. The van der Waals surface area contributed by atoms with Crippen LogP contribution in [0.15, 0.2) is 78.9 Å². The van der Waals surface area contributed by atoms with Gasteiger partial charge in [-0.1, -0.05) is 36.4 Å². The first kappa shape index (κ1) is 17.6. The molecule has 26 heavy (non-hydrogen) atoms. The highest BCUT2D eigenvalue weighted by molar-refractivity contribution is 5.94. The number of benzene rings is 3. The van der Waals surface area contributed by atoms with Gasteiger partial charge in [0.1, 0.15) is 17.3 Å². The minimum Gasteiger partial charge on any atom is -0.457 e. The highest BCUT2D eigenvalue weighted by atomic mass is 19.1. The van der Waals surface area contributed by atoms with Crippen molar-refractivity contribution in [3.63, 3.8) is 0 Å². The number of nitrogens with one attached hydrogen (secondary N) is 1. The van der Waals surface area contributed by atoms with Crippen molar-refractivity contribution in [2.45, 2.75) is 6.10 Å². The third-order valence-corrected chi connectivity index (χ3v) is 3.76. The molecule has 0 saturated heterocycles.